The Labute approximate surface area is 410 Å². The smallest absolute Gasteiger partial charge is 0.0726 e. The Balaban J connectivity index is 0.938. The minimum Gasteiger partial charge on any atom is -0.310 e. The Kier molecular flexibility index (Phi) is 8.48. The number of para-hydroxylation sites is 2. The number of fused-ring (bicyclic) bond motifs is 17. The van der Waals surface area contributed by atoms with Crippen molar-refractivity contribution in [3.8, 4) is 50.2 Å². The van der Waals surface area contributed by atoms with E-state index in [1.54, 1.807) is 0 Å². The minimum absolute atomic E-state index is 0.445. The van der Waals surface area contributed by atoms with Crippen molar-refractivity contribution in [2.24, 2.45) is 0 Å². The van der Waals surface area contributed by atoms with Gasteiger partial charge in [-0.25, -0.2) is 0 Å². The average Bonchev–Trinajstić information content (AvgIpc) is 4.16. The largest absolute Gasteiger partial charge is 0.310 e. The fourth-order valence-electron chi connectivity index (χ4n) is 12.3. The van der Waals surface area contributed by atoms with Crippen LogP contribution in [0.5, 0.6) is 0 Å². The summed E-state index contributed by atoms with van der Waals surface area (Å²) in [5, 5.41) is 5.11. The predicted molar refractivity (Wildman–Crippen MR) is 296 cm³/mol. The molecule has 1 spiro atoms. The highest BCUT2D eigenvalue weighted by Gasteiger charge is 2.51. The van der Waals surface area contributed by atoms with E-state index in [4.69, 9.17) is 0 Å². The average molecular weight is 907 g/mol. The van der Waals surface area contributed by atoms with Crippen molar-refractivity contribution in [2.75, 3.05) is 4.90 Å². The summed E-state index contributed by atoms with van der Waals surface area (Å²) in [5.74, 6) is 0. The Morgan fingerprint density at radius 2 is 0.843 bits per heavy atom. The molecule has 2 heterocycles. The van der Waals surface area contributed by atoms with Crippen LogP contribution in [0.15, 0.2) is 255 Å². The molecule has 0 amide bonds. The van der Waals surface area contributed by atoms with Gasteiger partial charge in [-0.3, -0.25) is 0 Å². The van der Waals surface area contributed by atoms with E-state index in [0.717, 1.165) is 17.1 Å². The van der Waals surface area contributed by atoms with Crippen molar-refractivity contribution < 1.29 is 0 Å². The van der Waals surface area contributed by atoms with Gasteiger partial charge in [0.05, 0.1) is 16.4 Å². The predicted octanol–water partition coefficient (Wildman–Crippen LogP) is 18.3. The van der Waals surface area contributed by atoms with Gasteiger partial charge in [0, 0.05) is 59.3 Å². The molecule has 0 unspecified atom stereocenters. The van der Waals surface area contributed by atoms with Gasteiger partial charge in [-0.05, 0) is 128 Å². The summed E-state index contributed by atoms with van der Waals surface area (Å²) in [6.45, 7) is 0. The maximum absolute atomic E-state index is 2.49. The monoisotopic (exact) mass is 906 g/mol. The van der Waals surface area contributed by atoms with Gasteiger partial charge in [-0.2, -0.15) is 0 Å². The molecule has 11 aromatic carbocycles. The van der Waals surface area contributed by atoms with Crippen molar-refractivity contribution in [2.45, 2.75) is 5.41 Å². The fraction of sp³-hybridized carbons (Fsp3) is 0.0149. The Morgan fingerprint density at radius 3 is 1.50 bits per heavy atom. The normalized spacial score (nSPS) is 13.0. The minimum atomic E-state index is -0.445. The summed E-state index contributed by atoms with van der Waals surface area (Å²) in [7, 11) is 0. The van der Waals surface area contributed by atoms with Gasteiger partial charge in [0.2, 0.25) is 0 Å². The zero-order chi connectivity index (χ0) is 45.9. The van der Waals surface area contributed by atoms with Gasteiger partial charge in [-0.1, -0.05) is 188 Å². The van der Waals surface area contributed by atoms with Gasteiger partial charge >= 0.3 is 0 Å². The second-order valence-electron chi connectivity index (χ2n) is 18.7. The lowest BCUT2D eigenvalue weighted by molar-refractivity contribution is 0.793. The van der Waals surface area contributed by atoms with Crippen molar-refractivity contribution >= 4 is 70.4 Å². The van der Waals surface area contributed by atoms with Crippen LogP contribution < -0.4 is 4.90 Å². The van der Waals surface area contributed by atoms with Gasteiger partial charge in [0.25, 0.3) is 0 Å². The summed E-state index contributed by atoms with van der Waals surface area (Å²) < 4.78 is 5.07. The number of thiophene rings is 1. The van der Waals surface area contributed by atoms with Crippen LogP contribution >= 0.6 is 11.3 Å². The van der Waals surface area contributed by atoms with Crippen LogP contribution in [-0.2, 0) is 5.41 Å². The molecule has 2 nitrogen and oxygen atoms in total. The van der Waals surface area contributed by atoms with Gasteiger partial charge in [0.1, 0.15) is 0 Å². The molecule has 0 fully saturated rings. The number of rotatable bonds is 6. The molecule has 15 rings (SSSR count). The van der Waals surface area contributed by atoms with E-state index in [9.17, 15) is 0 Å². The molecule has 3 heteroatoms. The summed E-state index contributed by atoms with van der Waals surface area (Å²) in [4.78, 5) is 2.45. The first kappa shape index (κ1) is 39.3. The molecule has 0 N–H and O–H groups in total. The van der Waals surface area contributed by atoms with Crippen LogP contribution in [0, 0.1) is 0 Å². The first-order valence-corrected chi connectivity index (χ1v) is 25.0. The second kappa shape index (κ2) is 15.1. The highest BCUT2D eigenvalue weighted by Crippen LogP contribution is 2.63. The lowest BCUT2D eigenvalue weighted by Gasteiger charge is -2.32. The maximum atomic E-state index is 2.49. The van der Waals surface area contributed by atoms with Crippen molar-refractivity contribution in [1.82, 2.24) is 4.57 Å². The molecule has 0 bridgehead atoms. The molecular weight excluding hydrogens is 865 g/mol. The highest BCUT2D eigenvalue weighted by atomic mass is 32.1. The highest BCUT2D eigenvalue weighted by molar-refractivity contribution is 7.26. The Morgan fingerprint density at radius 1 is 0.343 bits per heavy atom. The van der Waals surface area contributed by atoms with Crippen LogP contribution in [0.4, 0.5) is 17.1 Å². The van der Waals surface area contributed by atoms with E-state index >= 15 is 0 Å². The first-order chi connectivity index (χ1) is 34.7. The molecule has 0 atom stereocenters. The van der Waals surface area contributed by atoms with Crippen molar-refractivity contribution in [3.05, 3.63) is 277 Å². The van der Waals surface area contributed by atoms with Crippen LogP contribution in [0.3, 0.4) is 0 Å². The zero-order valence-corrected chi connectivity index (χ0v) is 38.9. The van der Waals surface area contributed by atoms with E-state index in [1.807, 2.05) is 11.3 Å². The van der Waals surface area contributed by atoms with E-state index < -0.39 is 5.41 Å². The molecule has 13 aromatic rings. The maximum Gasteiger partial charge on any atom is 0.0726 e. The lowest BCUT2D eigenvalue weighted by atomic mass is 9.70. The Bertz CT molecular complexity index is 4160. The molecule has 2 aliphatic rings. The fourth-order valence-corrected chi connectivity index (χ4v) is 13.5. The van der Waals surface area contributed by atoms with Gasteiger partial charge in [-0.15, -0.1) is 11.3 Å². The number of nitrogens with zero attached hydrogens (tertiary/aromatic N) is 2. The van der Waals surface area contributed by atoms with E-state index in [2.05, 4.69) is 264 Å². The molecule has 0 saturated heterocycles. The van der Waals surface area contributed by atoms with E-state index in [1.165, 1.54) is 114 Å². The molecule has 0 saturated carbocycles. The van der Waals surface area contributed by atoms with Crippen molar-refractivity contribution in [1.29, 1.82) is 0 Å². The molecular formula is C67H42N2S. The van der Waals surface area contributed by atoms with Crippen LogP contribution in [-0.4, -0.2) is 4.57 Å². The SMILES string of the molecule is c1ccc(-c2ccc(N(c3ccc(-c4cc5c6ccccc6n(-c6ccccc6)c5c5c4sc4ccccc45)cc3)c3ccc4c(c3)C3(c5ccccc5-c5ccccc53)c3ccccc3-4)cc2)cc1. The van der Waals surface area contributed by atoms with E-state index in [-0.39, 0.29) is 0 Å². The number of benzene rings is 11. The molecule has 2 aliphatic carbocycles. The van der Waals surface area contributed by atoms with Crippen molar-refractivity contribution in [3.63, 3.8) is 0 Å². The number of hydrogen-bond acceptors (Lipinski definition) is 2. The van der Waals surface area contributed by atoms with Crippen LogP contribution in [0.1, 0.15) is 22.3 Å². The second-order valence-corrected chi connectivity index (χ2v) is 19.8. The van der Waals surface area contributed by atoms with Gasteiger partial charge in [0.15, 0.2) is 0 Å². The standard InChI is InChI=1S/C67H42N2S/c1-3-17-43(18-4-1)44-31-35-47(36-32-44)68(49-39-40-53-52-23-9-14-28-60(52)67(61(53)41-49)58-26-12-7-21-50(58)51-22-8-13-27-59(51)67)48-37-33-45(34-38-48)56-42-57-54-24-10-15-29-62(54)69(46-19-5-2-6-20-46)65(57)64-55-25-11-16-30-63(55)70-66(56)64/h1-42H. The van der Waals surface area contributed by atoms with E-state index in [0.29, 0.717) is 0 Å². The molecule has 70 heavy (non-hydrogen) atoms. The quantitative estimate of drug-likeness (QED) is 0.161. The lowest BCUT2D eigenvalue weighted by Crippen LogP contribution is -2.26. The number of hydrogen-bond donors (Lipinski definition) is 0. The van der Waals surface area contributed by atoms with Crippen LogP contribution in [0.25, 0.3) is 92.2 Å². The number of anilines is 3. The third-order valence-electron chi connectivity index (χ3n) is 15.2. The summed E-state index contributed by atoms with van der Waals surface area (Å²) in [5.41, 5.74) is 21.9. The first-order valence-electron chi connectivity index (χ1n) is 24.2. The number of aromatic nitrogens is 1. The molecule has 0 aliphatic heterocycles. The molecule has 0 radical (unpaired) electrons. The summed E-state index contributed by atoms with van der Waals surface area (Å²) >= 11 is 1.90. The summed E-state index contributed by atoms with van der Waals surface area (Å²) in [6.07, 6.45) is 0. The van der Waals surface area contributed by atoms with Crippen LogP contribution in [0.2, 0.25) is 0 Å². The summed E-state index contributed by atoms with van der Waals surface area (Å²) in [6, 6.07) is 94.6. The third kappa shape index (κ3) is 5.49. The zero-order valence-electron chi connectivity index (χ0n) is 38.1. The topological polar surface area (TPSA) is 8.17 Å². The van der Waals surface area contributed by atoms with Gasteiger partial charge < -0.3 is 9.47 Å². The molecule has 326 valence electrons. The Hall–Kier alpha value is -8.76. The molecule has 2 aromatic heterocycles. The third-order valence-corrected chi connectivity index (χ3v) is 16.4.